The van der Waals surface area contributed by atoms with Crippen LogP contribution in [0.3, 0.4) is 0 Å². The molecule has 2 unspecified atom stereocenters. The van der Waals surface area contributed by atoms with E-state index in [1.807, 2.05) is 18.2 Å². The molecule has 1 N–H and O–H groups in total. The summed E-state index contributed by atoms with van der Waals surface area (Å²) >= 11 is 5.36. The minimum atomic E-state index is -0.731. The first kappa shape index (κ1) is 17.5. The molecule has 1 fully saturated rings. The summed E-state index contributed by atoms with van der Waals surface area (Å²) in [5.41, 5.74) is 2.25. The van der Waals surface area contributed by atoms with Crippen molar-refractivity contribution in [2.45, 2.75) is 29.8 Å². The molecule has 126 valence electrons. The highest BCUT2D eigenvalue weighted by Gasteiger charge is 2.37. The number of hydrogen-bond acceptors (Lipinski definition) is 3. The third-order valence-electron chi connectivity index (χ3n) is 4.54. The van der Waals surface area contributed by atoms with Crippen LogP contribution >= 0.6 is 27.7 Å². The fourth-order valence-electron chi connectivity index (χ4n) is 3.40. The Kier molecular flexibility index (Phi) is 5.64. The van der Waals surface area contributed by atoms with Crippen LogP contribution in [0.4, 0.5) is 0 Å². The summed E-state index contributed by atoms with van der Waals surface area (Å²) in [4.78, 5) is 15.0. The second kappa shape index (κ2) is 7.72. The largest absolute Gasteiger partial charge is 0.480 e. The molecule has 3 rings (SSSR count). The van der Waals surface area contributed by atoms with Gasteiger partial charge in [0.15, 0.2) is 0 Å². The molecule has 1 heterocycles. The van der Waals surface area contributed by atoms with Gasteiger partial charge in [-0.3, -0.25) is 9.69 Å². The molecule has 3 nitrogen and oxygen atoms in total. The molecule has 1 aliphatic rings. The van der Waals surface area contributed by atoms with Crippen LogP contribution in [0.25, 0.3) is 0 Å². The summed E-state index contributed by atoms with van der Waals surface area (Å²) in [6.45, 7) is 0.799. The Morgan fingerprint density at radius 1 is 1.25 bits per heavy atom. The Morgan fingerprint density at radius 2 is 1.96 bits per heavy atom. The van der Waals surface area contributed by atoms with E-state index in [0.29, 0.717) is 6.42 Å². The second-order valence-corrected chi connectivity index (χ2v) is 7.67. The van der Waals surface area contributed by atoms with E-state index >= 15 is 0 Å². The number of benzene rings is 2. The van der Waals surface area contributed by atoms with Gasteiger partial charge in [-0.2, -0.15) is 0 Å². The van der Waals surface area contributed by atoms with Gasteiger partial charge in [-0.25, -0.2) is 0 Å². The van der Waals surface area contributed by atoms with E-state index in [2.05, 4.69) is 57.4 Å². The minimum absolute atomic E-state index is 0.0555. The van der Waals surface area contributed by atoms with Crippen LogP contribution in [-0.4, -0.2) is 34.8 Å². The third kappa shape index (κ3) is 3.53. The first-order valence-electron chi connectivity index (χ1n) is 7.98. The number of carbonyl (C=O) groups is 1. The molecule has 0 amide bonds. The Balaban J connectivity index is 2.06. The van der Waals surface area contributed by atoms with Crippen LogP contribution in [-0.2, 0) is 4.79 Å². The number of likely N-dealkylation sites (tertiary alicyclic amines) is 1. The SMILES string of the molecule is CSc1ccc(C(c2ccccc2Br)N2CCCC2C(=O)O)cc1. The molecule has 0 aromatic heterocycles. The summed E-state index contributed by atoms with van der Waals surface area (Å²) in [6, 6.07) is 16.1. The Labute approximate surface area is 155 Å². The fourth-order valence-corrected chi connectivity index (χ4v) is 4.31. The number of halogens is 1. The van der Waals surface area contributed by atoms with Gasteiger partial charge in [0.05, 0.1) is 6.04 Å². The molecule has 2 atom stereocenters. The summed E-state index contributed by atoms with van der Waals surface area (Å²) in [5.74, 6) is -0.731. The summed E-state index contributed by atoms with van der Waals surface area (Å²) in [6.07, 6.45) is 3.68. The number of aliphatic carboxylic acids is 1. The van der Waals surface area contributed by atoms with Crippen molar-refractivity contribution in [1.29, 1.82) is 0 Å². The maximum atomic E-state index is 11.7. The predicted molar refractivity (Wildman–Crippen MR) is 102 cm³/mol. The monoisotopic (exact) mass is 405 g/mol. The highest BCUT2D eigenvalue weighted by atomic mass is 79.9. The van der Waals surface area contributed by atoms with E-state index in [0.717, 1.165) is 28.6 Å². The summed E-state index contributed by atoms with van der Waals surface area (Å²) in [5, 5.41) is 9.62. The molecule has 24 heavy (non-hydrogen) atoms. The number of rotatable bonds is 5. The molecular formula is C19H20BrNO2S. The highest BCUT2D eigenvalue weighted by molar-refractivity contribution is 9.10. The number of hydrogen-bond donors (Lipinski definition) is 1. The van der Waals surface area contributed by atoms with Crippen molar-refractivity contribution >= 4 is 33.7 Å². The third-order valence-corrected chi connectivity index (χ3v) is 6.01. The van der Waals surface area contributed by atoms with Crippen LogP contribution in [0.15, 0.2) is 57.9 Å². The molecule has 0 saturated carbocycles. The van der Waals surface area contributed by atoms with E-state index in [9.17, 15) is 9.90 Å². The van der Waals surface area contributed by atoms with Crippen LogP contribution in [0.1, 0.15) is 30.0 Å². The first-order valence-corrected chi connectivity index (χ1v) is 10.0. The molecule has 1 saturated heterocycles. The lowest BCUT2D eigenvalue weighted by molar-refractivity contribution is -0.142. The lowest BCUT2D eigenvalue weighted by Gasteiger charge is -2.32. The number of nitrogens with zero attached hydrogens (tertiary/aromatic N) is 1. The second-order valence-electron chi connectivity index (χ2n) is 5.93. The van der Waals surface area contributed by atoms with Crippen LogP contribution in [0, 0.1) is 0 Å². The zero-order valence-corrected chi connectivity index (χ0v) is 15.9. The van der Waals surface area contributed by atoms with Gasteiger partial charge in [0.1, 0.15) is 6.04 Å². The van der Waals surface area contributed by atoms with Gasteiger partial charge in [0.25, 0.3) is 0 Å². The smallest absolute Gasteiger partial charge is 0.320 e. The lowest BCUT2D eigenvalue weighted by Crippen LogP contribution is -2.39. The van der Waals surface area contributed by atoms with Crippen molar-refractivity contribution in [2.24, 2.45) is 0 Å². The maximum absolute atomic E-state index is 11.7. The van der Waals surface area contributed by atoms with Gasteiger partial charge in [0.2, 0.25) is 0 Å². The van der Waals surface area contributed by atoms with Crippen LogP contribution < -0.4 is 0 Å². The minimum Gasteiger partial charge on any atom is -0.480 e. The molecule has 1 aliphatic heterocycles. The standard InChI is InChI=1S/C19H20BrNO2S/c1-24-14-10-8-13(9-11-14)18(15-5-2-3-6-16(15)20)21-12-4-7-17(21)19(22)23/h2-3,5-6,8-11,17-18H,4,7,12H2,1H3,(H,22,23). The average molecular weight is 406 g/mol. The van der Waals surface area contributed by atoms with Crippen molar-refractivity contribution in [1.82, 2.24) is 4.90 Å². The molecule has 2 aromatic carbocycles. The Bertz CT molecular complexity index is 720. The maximum Gasteiger partial charge on any atom is 0.320 e. The van der Waals surface area contributed by atoms with Gasteiger partial charge in [-0.1, -0.05) is 46.3 Å². The summed E-state index contributed by atoms with van der Waals surface area (Å²) in [7, 11) is 0. The van der Waals surface area contributed by atoms with Gasteiger partial charge in [-0.15, -0.1) is 11.8 Å². The summed E-state index contributed by atoms with van der Waals surface area (Å²) < 4.78 is 1.01. The van der Waals surface area contributed by atoms with Gasteiger partial charge in [-0.05, 0) is 48.4 Å². The van der Waals surface area contributed by atoms with Crippen molar-refractivity contribution in [3.63, 3.8) is 0 Å². The quantitative estimate of drug-likeness (QED) is 0.724. The molecular weight excluding hydrogens is 386 g/mol. The fraction of sp³-hybridized carbons (Fsp3) is 0.316. The Hall–Kier alpha value is -1.30. The van der Waals surface area contributed by atoms with E-state index < -0.39 is 12.0 Å². The lowest BCUT2D eigenvalue weighted by atomic mass is 9.96. The normalized spacial score (nSPS) is 19.3. The number of thioether (sulfide) groups is 1. The van der Waals surface area contributed by atoms with Crippen LogP contribution in [0.5, 0.6) is 0 Å². The van der Waals surface area contributed by atoms with Crippen molar-refractivity contribution in [3.05, 3.63) is 64.1 Å². The van der Waals surface area contributed by atoms with Gasteiger partial charge >= 0.3 is 5.97 Å². The molecule has 5 heteroatoms. The van der Waals surface area contributed by atoms with Gasteiger partial charge < -0.3 is 5.11 Å². The number of carboxylic acids is 1. The van der Waals surface area contributed by atoms with Crippen molar-refractivity contribution < 1.29 is 9.90 Å². The molecule has 0 bridgehead atoms. The predicted octanol–water partition coefficient (Wildman–Crippen LogP) is 4.81. The number of carboxylic acid groups (broad SMARTS) is 1. The Morgan fingerprint density at radius 3 is 2.58 bits per heavy atom. The van der Waals surface area contributed by atoms with E-state index in [1.54, 1.807) is 11.8 Å². The van der Waals surface area contributed by atoms with Crippen molar-refractivity contribution in [3.8, 4) is 0 Å². The zero-order chi connectivity index (χ0) is 17.1. The first-order chi connectivity index (χ1) is 11.6. The highest BCUT2D eigenvalue weighted by Crippen LogP contribution is 2.38. The van der Waals surface area contributed by atoms with Crippen LogP contribution in [0.2, 0.25) is 0 Å². The topological polar surface area (TPSA) is 40.5 Å². The van der Waals surface area contributed by atoms with E-state index in [4.69, 9.17) is 0 Å². The zero-order valence-electron chi connectivity index (χ0n) is 13.5. The molecule has 2 aromatic rings. The van der Waals surface area contributed by atoms with E-state index in [1.165, 1.54) is 4.90 Å². The molecule has 0 spiro atoms. The average Bonchev–Trinajstić information content (AvgIpc) is 3.07. The molecule has 0 radical (unpaired) electrons. The van der Waals surface area contributed by atoms with E-state index in [-0.39, 0.29) is 6.04 Å². The van der Waals surface area contributed by atoms with Crippen molar-refractivity contribution in [2.75, 3.05) is 12.8 Å². The van der Waals surface area contributed by atoms with Gasteiger partial charge in [0, 0.05) is 15.9 Å². The molecule has 0 aliphatic carbocycles.